The molecule has 4 rings (SSSR count). The van der Waals surface area contributed by atoms with Crippen LogP contribution in [-0.2, 0) is 32.2 Å². The molecule has 2 saturated heterocycles. The fourth-order valence-electron chi connectivity index (χ4n) is 3.43. The molecule has 0 aromatic heterocycles. The van der Waals surface area contributed by atoms with Crippen molar-refractivity contribution in [1.29, 1.82) is 0 Å². The van der Waals surface area contributed by atoms with Crippen LogP contribution in [0.5, 0.6) is 5.75 Å². The second-order valence-corrected chi connectivity index (χ2v) is 6.75. The van der Waals surface area contributed by atoms with Crippen LogP contribution >= 0.6 is 0 Å². The normalized spacial score (nSPS) is 29.6. The topological polar surface area (TPSA) is 66.4 Å². The number of rotatable bonds is 7. The summed E-state index contributed by atoms with van der Waals surface area (Å²) in [5.41, 5.74) is 2.05. The van der Waals surface area contributed by atoms with Crippen LogP contribution in [0.4, 0.5) is 0 Å². The van der Waals surface area contributed by atoms with Crippen LogP contribution in [0.2, 0.25) is 0 Å². The average molecular weight is 372 g/mol. The van der Waals surface area contributed by atoms with E-state index in [2.05, 4.69) is 0 Å². The van der Waals surface area contributed by atoms with Gasteiger partial charge in [-0.1, -0.05) is 42.5 Å². The molecule has 0 radical (unpaired) electrons. The molecule has 144 valence electrons. The molecule has 5 atom stereocenters. The Kier molecular flexibility index (Phi) is 5.71. The van der Waals surface area contributed by atoms with Gasteiger partial charge in [0.25, 0.3) is 0 Å². The van der Waals surface area contributed by atoms with Crippen molar-refractivity contribution < 1.29 is 28.8 Å². The summed E-state index contributed by atoms with van der Waals surface area (Å²) in [6.07, 6.45) is -2.73. The van der Waals surface area contributed by atoms with Crippen LogP contribution in [0.1, 0.15) is 11.1 Å². The molecule has 2 bridgehead atoms. The zero-order chi connectivity index (χ0) is 18.6. The van der Waals surface area contributed by atoms with Crippen LogP contribution in [0, 0.1) is 0 Å². The highest BCUT2D eigenvalue weighted by Gasteiger charge is 2.51. The summed E-state index contributed by atoms with van der Waals surface area (Å²) < 4.78 is 28.6. The van der Waals surface area contributed by atoms with E-state index in [1.807, 2.05) is 54.6 Å². The number of aliphatic hydroxyl groups excluding tert-OH is 1. The molecular weight excluding hydrogens is 348 g/mol. The third-order valence-corrected chi connectivity index (χ3v) is 4.93. The Bertz CT molecular complexity index is 719. The summed E-state index contributed by atoms with van der Waals surface area (Å²) in [4.78, 5) is 0. The number of aliphatic hydroxyl groups is 1. The van der Waals surface area contributed by atoms with Gasteiger partial charge in [-0.05, 0) is 23.3 Å². The van der Waals surface area contributed by atoms with Crippen LogP contribution in [0.3, 0.4) is 0 Å². The van der Waals surface area contributed by atoms with Gasteiger partial charge >= 0.3 is 0 Å². The number of benzene rings is 2. The maximum Gasteiger partial charge on any atom is 0.186 e. The maximum absolute atomic E-state index is 10.6. The van der Waals surface area contributed by atoms with Gasteiger partial charge in [0.2, 0.25) is 0 Å². The molecule has 6 nitrogen and oxygen atoms in total. The molecule has 0 unspecified atom stereocenters. The van der Waals surface area contributed by atoms with E-state index in [1.54, 1.807) is 7.11 Å². The molecule has 0 aliphatic carbocycles. The fraction of sp³-hybridized carbons (Fsp3) is 0.429. The highest BCUT2D eigenvalue weighted by atomic mass is 16.7. The van der Waals surface area contributed by atoms with Gasteiger partial charge in [-0.2, -0.15) is 0 Å². The van der Waals surface area contributed by atoms with E-state index >= 15 is 0 Å². The molecule has 6 heteroatoms. The third kappa shape index (κ3) is 4.15. The predicted octanol–water partition coefficient (Wildman–Crippen LogP) is 2.28. The summed E-state index contributed by atoms with van der Waals surface area (Å²) in [5.74, 6) is 0.797. The van der Waals surface area contributed by atoms with E-state index in [-0.39, 0.29) is 6.10 Å². The van der Waals surface area contributed by atoms with Gasteiger partial charge in [0.1, 0.15) is 30.2 Å². The molecule has 27 heavy (non-hydrogen) atoms. The monoisotopic (exact) mass is 372 g/mol. The summed E-state index contributed by atoms with van der Waals surface area (Å²) in [6.45, 7) is 1.17. The molecule has 0 amide bonds. The summed E-state index contributed by atoms with van der Waals surface area (Å²) >= 11 is 0. The number of hydrogen-bond donors (Lipinski definition) is 1. The first-order chi connectivity index (χ1) is 13.2. The molecule has 0 spiro atoms. The van der Waals surface area contributed by atoms with E-state index in [0.717, 1.165) is 16.9 Å². The van der Waals surface area contributed by atoms with Crippen molar-refractivity contribution >= 4 is 0 Å². The first kappa shape index (κ1) is 18.4. The van der Waals surface area contributed by atoms with Crippen molar-refractivity contribution in [3.8, 4) is 5.75 Å². The van der Waals surface area contributed by atoms with Crippen molar-refractivity contribution in [3.05, 3.63) is 65.7 Å². The van der Waals surface area contributed by atoms with Crippen LogP contribution < -0.4 is 4.74 Å². The second-order valence-electron chi connectivity index (χ2n) is 6.75. The Balaban J connectivity index is 1.43. The van der Waals surface area contributed by atoms with Crippen LogP contribution in [0.25, 0.3) is 0 Å². The SMILES string of the molecule is COc1ccc(CO[C@H]2[C@H](OCc3ccccc3)[C@H](O)[C@@H]3OC[C@H]2O3)cc1. The number of ether oxygens (including phenoxy) is 5. The molecular formula is C21H24O6. The lowest BCUT2D eigenvalue weighted by Gasteiger charge is -2.38. The molecule has 2 aliphatic heterocycles. The Morgan fingerprint density at radius 3 is 2.30 bits per heavy atom. The molecule has 2 fully saturated rings. The van der Waals surface area contributed by atoms with Crippen LogP contribution in [-0.4, -0.2) is 49.5 Å². The lowest BCUT2D eigenvalue weighted by molar-refractivity contribution is -0.254. The van der Waals surface area contributed by atoms with E-state index in [9.17, 15) is 5.11 Å². The smallest absolute Gasteiger partial charge is 0.186 e. The van der Waals surface area contributed by atoms with Gasteiger partial charge in [0.05, 0.1) is 26.9 Å². The Morgan fingerprint density at radius 1 is 0.926 bits per heavy atom. The lowest BCUT2D eigenvalue weighted by Crippen LogP contribution is -2.55. The number of hydrogen-bond acceptors (Lipinski definition) is 6. The maximum atomic E-state index is 10.6. The number of methoxy groups -OCH3 is 1. The zero-order valence-corrected chi connectivity index (χ0v) is 15.2. The third-order valence-electron chi connectivity index (χ3n) is 4.93. The Morgan fingerprint density at radius 2 is 1.59 bits per heavy atom. The lowest BCUT2D eigenvalue weighted by atomic mass is 10.0. The van der Waals surface area contributed by atoms with E-state index in [1.165, 1.54) is 0 Å². The minimum Gasteiger partial charge on any atom is -0.497 e. The first-order valence-corrected chi connectivity index (χ1v) is 9.10. The van der Waals surface area contributed by atoms with Crippen molar-refractivity contribution in [3.63, 3.8) is 0 Å². The molecule has 2 aromatic rings. The highest BCUT2D eigenvalue weighted by molar-refractivity contribution is 5.26. The van der Waals surface area contributed by atoms with Gasteiger partial charge < -0.3 is 28.8 Å². The zero-order valence-electron chi connectivity index (χ0n) is 15.2. The standard InChI is InChI=1S/C21H24O6/c1-23-16-9-7-15(8-10-16)12-24-19-17-13-26-21(27-17)18(22)20(19)25-11-14-5-3-2-4-6-14/h2-10,17-22H,11-13H2,1H3/t17-,18+,19-,20-,21-/m1/s1. The summed E-state index contributed by atoms with van der Waals surface area (Å²) in [5, 5.41) is 10.6. The van der Waals surface area contributed by atoms with E-state index < -0.39 is 24.6 Å². The quantitative estimate of drug-likeness (QED) is 0.804. The molecule has 0 saturated carbocycles. The Labute approximate surface area is 158 Å². The Hall–Kier alpha value is -1.96. The van der Waals surface area contributed by atoms with Gasteiger partial charge in [0.15, 0.2) is 6.29 Å². The summed E-state index contributed by atoms with van der Waals surface area (Å²) in [7, 11) is 1.64. The van der Waals surface area contributed by atoms with Crippen molar-refractivity contribution in [2.45, 2.75) is 43.9 Å². The van der Waals surface area contributed by atoms with Crippen molar-refractivity contribution in [2.75, 3.05) is 13.7 Å². The van der Waals surface area contributed by atoms with Crippen LogP contribution in [0.15, 0.2) is 54.6 Å². The van der Waals surface area contributed by atoms with Gasteiger partial charge in [-0.15, -0.1) is 0 Å². The largest absolute Gasteiger partial charge is 0.497 e. The predicted molar refractivity (Wildman–Crippen MR) is 97.2 cm³/mol. The summed E-state index contributed by atoms with van der Waals surface area (Å²) in [6, 6.07) is 17.5. The van der Waals surface area contributed by atoms with Gasteiger partial charge in [0, 0.05) is 0 Å². The van der Waals surface area contributed by atoms with Gasteiger partial charge in [-0.3, -0.25) is 0 Å². The van der Waals surface area contributed by atoms with Gasteiger partial charge in [-0.25, -0.2) is 0 Å². The van der Waals surface area contributed by atoms with Crippen molar-refractivity contribution in [1.82, 2.24) is 0 Å². The molecule has 2 heterocycles. The van der Waals surface area contributed by atoms with E-state index in [4.69, 9.17) is 23.7 Å². The fourth-order valence-corrected chi connectivity index (χ4v) is 3.43. The van der Waals surface area contributed by atoms with Crippen molar-refractivity contribution in [2.24, 2.45) is 0 Å². The molecule has 2 aromatic carbocycles. The highest BCUT2D eigenvalue weighted by Crippen LogP contribution is 2.32. The minimum absolute atomic E-state index is 0.252. The number of fused-ring (bicyclic) bond motifs is 2. The minimum atomic E-state index is -0.895. The first-order valence-electron chi connectivity index (χ1n) is 9.10. The average Bonchev–Trinajstić information content (AvgIpc) is 3.16. The molecule has 2 aliphatic rings. The van der Waals surface area contributed by atoms with E-state index in [0.29, 0.717) is 19.8 Å². The second kappa shape index (κ2) is 8.37. The molecule has 1 N–H and O–H groups in total.